The van der Waals surface area contributed by atoms with Crippen molar-refractivity contribution in [3.8, 4) is 11.6 Å². The number of carbonyl (C=O) groups excluding carboxylic acids is 1. The molecule has 0 N–H and O–H groups in total. The largest absolute Gasteiger partial charge is 0.437 e. The van der Waals surface area contributed by atoms with Gasteiger partial charge >= 0.3 is 0 Å². The Kier molecular flexibility index (Phi) is 5.23. The van der Waals surface area contributed by atoms with Gasteiger partial charge in [-0.05, 0) is 49.2 Å². The molecule has 3 heterocycles. The van der Waals surface area contributed by atoms with Crippen molar-refractivity contribution >= 4 is 5.91 Å². The molecule has 1 fully saturated rings. The molecule has 1 aromatic carbocycles. The van der Waals surface area contributed by atoms with E-state index in [0.717, 1.165) is 18.5 Å². The minimum absolute atomic E-state index is 0.00604. The van der Waals surface area contributed by atoms with Crippen molar-refractivity contribution in [2.75, 3.05) is 13.1 Å². The highest BCUT2D eigenvalue weighted by atomic mass is 19.1. The van der Waals surface area contributed by atoms with Crippen molar-refractivity contribution in [2.45, 2.75) is 18.8 Å². The van der Waals surface area contributed by atoms with E-state index in [4.69, 9.17) is 4.74 Å². The van der Waals surface area contributed by atoms with Gasteiger partial charge in [-0.3, -0.25) is 14.8 Å². The number of pyridine rings is 1. The Morgan fingerprint density at radius 2 is 1.79 bits per heavy atom. The zero-order chi connectivity index (χ0) is 19.3. The van der Waals surface area contributed by atoms with Gasteiger partial charge < -0.3 is 9.64 Å². The summed E-state index contributed by atoms with van der Waals surface area (Å²) in [4.78, 5) is 27.2. The van der Waals surface area contributed by atoms with Crippen molar-refractivity contribution in [3.05, 3.63) is 78.3 Å². The zero-order valence-corrected chi connectivity index (χ0v) is 15.2. The summed E-state index contributed by atoms with van der Waals surface area (Å²) in [6.45, 7) is 1.26. The van der Waals surface area contributed by atoms with Gasteiger partial charge in [0.15, 0.2) is 0 Å². The number of benzene rings is 1. The lowest BCUT2D eigenvalue weighted by molar-refractivity contribution is 0.0711. The first-order chi connectivity index (χ1) is 13.7. The molecular weight excluding hydrogens is 359 g/mol. The second-order valence-electron chi connectivity index (χ2n) is 6.61. The van der Waals surface area contributed by atoms with Gasteiger partial charge in [-0.1, -0.05) is 0 Å². The van der Waals surface area contributed by atoms with Crippen LogP contribution in [0.2, 0.25) is 0 Å². The molecule has 1 amide bonds. The van der Waals surface area contributed by atoms with Crippen LogP contribution in [0.1, 0.15) is 34.8 Å². The number of rotatable bonds is 4. The number of halogens is 1. The third-order valence-corrected chi connectivity index (χ3v) is 4.80. The van der Waals surface area contributed by atoms with Gasteiger partial charge in [-0.2, -0.15) is 0 Å². The van der Waals surface area contributed by atoms with E-state index in [1.807, 2.05) is 4.90 Å². The van der Waals surface area contributed by atoms with Gasteiger partial charge in [0.2, 0.25) is 5.88 Å². The Morgan fingerprint density at radius 1 is 1.04 bits per heavy atom. The van der Waals surface area contributed by atoms with Crippen LogP contribution in [-0.4, -0.2) is 38.8 Å². The maximum atomic E-state index is 13.1. The van der Waals surface area contributed by atoms with Crippen LogP contribution >= 0.6 is 0 Å². The lowest BCUT2D eigenvalue weighted by atomic mass is 9.93. The SMILES string of the molecule is O=C(c1cccnc1)N1CCC(c2nccnc2Oc2ccc(F)cc2)CC1. The van der Waals surface area contributed by atoms with Crippen LogP contribution in [-0.2, 0) is 0 Å². The molecule has 0 unspecified atom stereocenters. The van der Waals surface area contributed by atoms with Gasteiger partial charge in [0, 0.05) is 43.8 Å². The maximum Gasteiger partial charge on any atom is 0.255 e. The molecule has 6 nitrogen and oxygen atoms in total. The highest BCUT2D eigenvalue weighted by Crippen LogP contribution is 2.33. The molecule has 2 aromatic heterocycles. The van der Waals surface area contributed by atoms with E-state index in [9.17, 15) is 9.18 Å². The average Bonchev–Trinajstić information content (AvgIpc) is 2.76. The fourth-order valence-corrected chi connectivity index (χ4v) is 3.34. The second-order valence-corrected chi connectivity index (χ2v) is 6.61. The molecule has 0 saturated carbocycles. The molecule has 4 rings (SSSR count). The minimum Gasteiger partial charge on any atom is -0.437 e. The van der Waals surface area contributed by atoms with Crippen molar-refractivity contribution in [3.63, 3.8) is 0 Å². The lowest BCUT2D eigenvalue weighted by Crippen LogP contribution is -2.38. The van der Waals surface area contributed by atoms with Crippen LogP contribution in [0.25, 0.3) is 0 Å². The maximum absolute atomic E-state index is 13.1. The summed E-state index contributed by atoms with van der Waals surface area (Å²) in [5.41, 5.74) is 1.36. The summed E-state index contributed by atoms with van der Waals surface area (Å²) in [5, 5.41) is 0. The van der Waals surface area contributed by atoms with E-state index in [1.165, 1.54) is 12.1 Å². The van der Waals surface area contributed by atoms with Crippen molar-refractivity contribution < 1.29 is 13.9 Å². The van der Waals surface area contributed by atoms with Gasteiger partial charge in [0.05, 0.1) is 5.56 Å². The molecule has 3 aromatic rings. The Balaban J connectivity index is 1.45. The predicted molar refractivity (Wildman–Crippen MR) is 101 cm³/mol. The number of ether oxygens (including phenoxy) is 1. The minimum atomic E-state index is -0.322. The van der Waals surface area contributed by atoms with E-state index >= 15 is 0 Å². The summed E-state index contributed by atoms with van der Waals surface area (Å²) >= 11 is 0. The predicted octanol–water partition coefficient (Wildman–Crippen LogP) is 3.82. The van der Waals surface area contributed by atoms with Crippen LogP contribution < -0.4 is 4.74 Å². The zero-order valence-electron chi connectivity index (χ0n) is 15.2. The molecular formula is C21H19FN4O2. The number of hydrogen-bond acceptors (Lipinski definition) is 5. The van der Waals surface area contributed by atoms with E-state index in [0.29, 0.717) is 30.3 Å². The molecule has 0 bridgehead atoms. The smallest absolute Gasteiger partial charge is 0.255 e. The monoisotopic (exact) mass is 378 g/mol. The standard InChI is InChI=1S/C21H19FN4O2/c22-17-3-5-18(6-4-17)28-20-19(24-10-11-25-20)15-7-12-26(13-8-15)21(27)16-2-1-9-23-14-16/h1-6,9-11,14-15H,7-8,12-13H2. The fourth-order valence-electron chi connectivity index (χ4n) is 3.34. The molecule has 7 heteroatoms. The second kappa shape index (κ2) is 8.12. The molecule has 0 radical (unpaired) electrons. The Bertz CT molecular complexity index is 942. The normalized spacial score (nSPS) is 14.7. The number of aromatic nitrogens is 3. The van der Waals surface area contributed by atoms with Crippen LogP contribution in [0.3, 0.4) is 0 Å². The molecule has 28 heavy (non-hydrogen) atoms. The number of amides is 1. The number of piperidine rings is 1. The Morgan fingerprint density at radius 3 is 2.50 bits per heavy atom. The number of carbonyl (C=O) groups is 1. The molecule has 0 aliphatic carbocycles. The molecule has 1 saturated heterocycles. The first kappa shape index (κ1) is 18.0. The summed E-state index contributed by atoms with van der Waals surface area (Å²) < 4.78 is 18.9. The van der Waals surface area contributed by atoms with Crippen molar-refractivity contribution in [1.29, 1.82) is 0 Å². The first-order valence-electron chi connectivity index (χ1n) is 9.14. The van der Waals surface area contributed by atoms with E-state index in [2.05, 4.69) is 15.0 Å². The summed E-state index contributed by atoms with van der Waals surface area (Å²) in [6, 6.07) is 9.34. The molecule has 1 aliphatic rings. The lowest BCUT2D eigenvalue weighted by Gasteiger charge is -2.32. The first-order valence-corrected chi connectivity index (χ1v) is 9.14. The van der Waals surface area contributed by atoms with Crippen LogP contribution in [0.5, 0.6) is 11.6 Å². The van der Waals surface area contributed by atoms with Crippen molar-refractivity contribution in [1.82, 2.24) is 19.9 Å². The molecule has 0 spiro atoms. The summed E-state index contributed by atoms with van der Waals surface area (Å²) in [6.07, 6.45) is 7.99. The third-order valence-electron chi connectivity index (χ3n) is 4.80. The van der Waals surface area contributed by atoms with Crippen LogP contribution in [0, 0.1) is 5.82 Å². The molecule has 0 atom stereocenters. The molecule has 142 valence electrons. The van der Waals surface area contributed by atoms with Gasteiger partial charge in [0.1, 0.15) is 17.3 Å². The van der Waals surface area contributed by atoms with Gasteiger partial charge in [-0.25, -0.2) is 9.37 Å². The molecule has 1 aliphatic heterocycles. The average molecular weight is 378 g/mol. The topological polar surface area (TPSA) is 68.2 Å². The Hall–Kier alpha value is -3.35. The Labute approximate surface area is 162 Å². The fraction of sp³-hybridized carbons (Fsp3) is 0.238. The van der Waals surface area contributed by atoms with E-state index in [-0.39, 0.29) is 17.6 Å². The summed E-state index contributed by atoms with van der Waals surface area (Å²) in [7, 11) is 0. The quantitative estimate of drug-likeness (QED) is 0.690. The van der Waals surface area contributed by atoms with Crippen LogP contribution in [0.4, 0.5) is 4.39 Å². The number of nitrogens with zero attached hydrogens (tertiary/aromatic N) is 4. The van der Waals surface area contributed by atoms with Gasteiger partial charge in [-0.15, -0.1) is 0 Å². The van der Waals surface area contributed by atoms with Gasteiger partial charge in [0.25, 0.3) is 5.91 Å². The van der Waals surface area contributed by atoms with Crippen LogP contribution in [0.15, 0.2) is 61.2 Å². The van der Waals surface area contributed by atoms with Crippen molar-refractivity contribution in [2.24, 2.45) is 0 Å². The van der Waals surface area contributed by atoms with E-state index in [1.54, 1.807) is 49.1 Å². The summed E-state index contributed by atoms with van der Waals surface area (Å²) in [5.74, 6) is 0.742. The highest BCUT2D eigenvalue weighted by Gasteiger charge is 2.28. The number of hydrogen-bond donors (Lipinski definition) is 0. The third kappa shape index (κ3) is 3.98. The van der Waals surface area contributed by atoms with E-state index < -0.39 is 0 Å². The number of likely N-dealkylation sites (tertiary alicyclic amines) is 1. The highest BCUT2D eigenvalue weighted by molar-refractivity contribution is 5.93.